The SMILES string of the molecule is CCO/C(O)=C1C=C/C(=N\C2CCCCC2)C(N)=C/1. The maximum Gasteiger partial charge on any atom is 0.284 e. The van der Waals surface area contributed by atoms with Crippen LogP contribution in [0.1, 0.15) is 39.0 Å². The van der Waals surface area contributed by atoms with Gasteiger partial charge < -0.3 is 15.6 Å². The monoisotopic (exact) mass is 262 g/mol. The number of hydrogen-bond acceptors (Lipinski definition) is 4. The molecule has 3 N–H and O–H groups in total. The van der Waals surface area contributed by atoms with Crippen molar-refractivity contribution in [2.45, 2.75) is 45.1 Å². The fourth-order valence-electron chi connectivity index (χ4n) is 2.43. The summed E-state index contributed by atoms with van der Waals surface area (Å²) in [6.45, 7) is 2.26. The Morgan fingerprint density at radius 3 is 2.74 bits per heavy atom. The quantitative estimate of drug-likeness (QED) is 0.768. The Morgan fingerprint density at radius 2 is 2.11 bits per heavy atom. The maximum absolute atomic E-state index is 9.67. The summed E-state index contributed by atoms with van der Waals surface area (Å²) in [7, 11) is 0. The second kappa shape index (κ2) is 6.45. The molecule has 4 heteroatoms. The van der Waals surface area contributed by atoms with Crippen LogP contribution in [0.25, 0.3) is 0 Å². The molecule has 0 aromatic carbocycles. The lowest BCUT2D eigenvalue weighted by molar-refractivity contribution is 0.100. The van der Waals surface area contributed by atoms with Gasteiger partial charge in [0.25, 0.3) is 5.95 Å². The van der Waals surface area contributed by atoms with Crippen molar-refractivity contribution in [2.75, 3.05) is 6.61 Å². The topological polar surface area (TPSA) is 67.8 Å². The molecule has 0 spiro atoms. The lowest BCUT2D eigenvalue weighted by Crippen LogP contribution is -2.18. The first-order valence-corrected chi connectivity index (χ1v) is 7.00. The number of rotatable bonds is 3. The molecular formula is C15H22N2O2. The second-order valence-electron chi connectivity index (χ2n) is 4.93. The molecule has 0 amide bonds. The van der Waals surface area contributed by atoms with Crippen LogP contribution in [0, 0.1) is 0 Å². The summed E-state index contributed by atoms with van der Waals surface area (Å²) in [4.78, 5) is 4.71. The highest BCUT2D eigenvalue weighted by Gasteiger charge is 2.15. The zero-order valence-electron chi connectivity index (χ0n) is 11.4. The highest BCUT2D eigenvalue weighted by molar-refractivity contribution is 6.09. The molecule has 0 radical (unpaired) electrons. The summed E-state index contributed by atoms with van der Waals surface area (Å²) < 4.78 is 5.06. The van der Waals surface area contributed by atoms with E-state index in [4.69, 9.17) is 15.5 Å². The third kappa shape index (κ3) is 3.63. The largest absolute Gasteiger partial charge is 0.481 e. The third-order valence-corrected chi connectivity index (χ3v) is 3.45. The molecule has 0 aromatic heterocycles. The van der Waals surface area contributed by atoms with Gasteiger partial charge in [-0.2, -0.15) is 0 Å². The number of aliphatic hydroxyl groups is 1. The number of nitrogens with zero attached hydrogens (tertiary/aromatic N) is 1. The minimum Gasteiger partial charge on any atom is -0.481 e. The van der Waals surface area contributed by atoms with Crippen LogP contribution < -0.4 is 5.73 Å². The van der Waals surface area contributed by atoms with Crippen molar-refractivity contribution in [2.24, 2.45) is 10.7 Å². The first-order valence-electron chi connectivity index (χ1n) is 7.00. The minimum atomic E-state index is -0.0848. The Kier molecular flexibility index (Phi) is 4.66. The van der Waals surface area contributed by atoms with Gasteiger partial charge in [-0.1, -0.05) is 19.3 Å². The molecule has 1 saturated carbocycles. The fourth-order valence-corrected chi connectivity index (χ4v) is 2.43. The molecule has 19 heavy (non-hydrogen) atoms. The molecule has 0 aliphatic heterocycles. The molecule has 2 aliphatic carbocycles. The number of aliphatic imine (C=N–C) groups is 1. The van der Waals surface area contributed by atoms with Crippen LogP contribution in [0.15, 0.2) is 40.4 Å². The average Bonchev–Trinajstić information content (AvgIpc) is 2.42. The van der Waals surface area contributed by atoms with E-state index in [1.54, 1.807) is 12.2 Å². The van der Waals surface area contributed by atoms with Crippen LogP contribution >= 0.6 is 0 Å². The third-order valence-electron chi connectivity index (χ3n) is 3.45. The Bertz CT molecular complexity index is 441. The van der Waals surface area contributed by atoms with E-state index in [1.165, 1.54) is 19.3 Å². The maximum atomic E-state index is 9.67. The van der Waals surface area contributed by atoms with E-state index in [2.05, 4.69) is 0 Å². The van der Waals surface area contributed by atoms with Gasteiger partial charge in [-0.3, -0.25) is 4.99 Å². The molecule has 1 fully saturated rings. The van der Waals surface area contributed by atoms with Gasteiger partial charge in [0.15, 0.2) is 0 Å². The van der Waals surface area contributed by atoms with E-state index in [-0.39, 0.29) is 5.95 Å². The van der Waals surface area contributed by atoms with Crippen molar-refractivity contribution in [3.63, 3.8) is 0 Å². The summed E-state index contributed by atoms with van der Waals surface area (Å²) in [6, 6.07) is 0.395. The van der Waals surface area contributed by atoms with E-state index in [0.29, 0.717) is 23.9 Å². The lowest BCUT2D eigenvalue weighted by atomic mass is 9.95. The highest BCUT2D eigenvalue weighted by atomic mass is 16.6. The molecule has 2 rings (SSSR count). The van der Waals surface area contributed by atoms with Crippen LogP contribution in [0.3, 0.4) is 0 Å². The van der Waals surface area contributed by atoms with Crippen molar-refractivity contribution in [3.05, 3.63) is 35.4 Å². The summed E-state index contributed by atoms with van der Waals surface area (Å²) in [5.74, 6) is -0.0848. The Balaban J connectivity index is 2.11. The smallest absolute Gasteiger partial charge is 0.284 e. The van der Waals surface area contributed by atoms with Crippen LogP contribution in [0.4, 0.5) is 0 Å². The summed E-state index contributed by atoms with van der Waals surface area (Å²) in [6.07, 6.45) is 11.5. The molecule has 0 atom stereocenters. The predicted molar refractivity (Wildman–Crippen MR) is 77.0 cm³/mol. The molecule has 0 bridgehead atoms. The molecule has 2 aliphatic rings. The molecule has 0 unspecified atom stereocenters. The van der Waals surface area contributed by atoms with Crippen molar-refractivity contribution in [3.8, 4) is 0 Å². The van der Waals surface area contributed by atoms with Gasteiger partial charge in [-0.05, 0) is 38.0 Å². The zero-order chi connectivity index (χ0) is 13.7. The van der Waals surface area contributed by atoms with Crippen molar-refractivity contribution >= 4 is 5.71 Å². The second-order valence-corrected chi connectivity index (χ2v) is 4.93. The summed E-state index contributed by atoms with van der Waals surface area (Å²) in [5, 5.41) is 9.67. The normalized spacial score (nSPS) is 25.3. The summed E-state index contributed by atoms with van der Waals surface area (Å²) in [5.41, 5.74) is 8.01. The standard InChI is InChI=1S/C15H22N2O2/c1-2-19-15(18)11-8-9-14(13(16)10-11)17-12-6-4-3-5-7-12/h8-10,12,18H,2-7,16H2,1H3/b15-11-,17-14+. The van der Waals surface area contributed by atoms with E-state index < -0.39 is 0 Å². The number of ether oxygens (including phenoxy) is 1. The van der Waals surface area contributed by atoms with Gasteiger partial charge in [-0.15, -0.1) is 0 Å². The average molecular weight is 262 g/mol. The number of aliphatic hydroxyl groups excluding tert-OH is 1. The van der Waals surface area contributed by atoms with Crippen molar-refractivity contribution < 1.29 is 9.84 Å². The minimum absolute atomic E-state index is 0.0848. The van der Waals surface area contributed by atoms with Crippen molar-refractivity contribution in [1.29, 1.82) is 0 Å². The van der Waals surface area contributed by atoms with Gasteiger partial charge in [0.05, 0.1) is 29.6 Å². The van der Waals surface area contributed by atoms with Gasteiger partial charge in [0.2, 0.25) is 0 Å². The first kappa shape index (κ1) is 13.7. The van der Waals surface area contributed by atoms with E-state index in [9.17, 15) is 5.11 Å². The molecule has 0 aromatic rings. The highest BCUT2D eigenvalue weighted by Crippen LogP contribution is 2.22. The number of hydrogen-bond donors (Lipinski definition) is 2. The van der Waals surface area contributed by atoms with Gasteiger partial charge in [-0.25, -0.2) is 0 Å². The van der Waals surface area contributed by atoms with E-state index in [0.717, 1.165) is 18.6 Å². The number of nitrogens with two attached hydrogens (primary N) is 1. The molecule has 0 saturated heterocycles. The Morgan fingerprint density at radius 1 is 1.37 bits per heavy atom. The molecule has 104 valence electrons. The molecular weight excluding hydrogens is 240 g/mol. The van der Waals surface area contributed by atoms with Crippen LogP contribution in [0.2, 0.25) is 0 Å². The number of allylic oxidation sites excluding steroid dienone is 4. The lowest BCUT2D eigenvalue weighted by Gasteiger charge is -2.19. The zero-order valence-corrected chi connectivity index (χ0v) is 11.4. The van der Waals surface area contributed by atoms with Crippen molar-refractivity contribution in [1.82, 2.24) is 0 Å². The van der Waals surface area contributed by atoms with Gasteiger partial charge in [0, 0.05) is 0 Å². The van der Waals surface area contributed by atoms with Gasteiger partial charge >= 0.3 is 0 Å². The van der Waals surface area contributed by atoms with E-state index in [1.807, 2.05) is 13.0 Å². The first-order chi connectivity index (χ1) is 9.20. The Labute approximate surface area is 114 Å². The van der Waals surface area contributed by atoms with Crippen LogP contribution in [-0.2, 0) is 4.74 Å². The fraction of sp³-hybridized carbons (Fsp3) is 0.533. The summed E-state index contributed by atoms with van der Waals surface area (Å²) >= 11 is 0. The Hall–Kier alpha value is -1.71. The molecule has 4 nitrogen and oxygen atoms in total. The van der Waals surface area contributed by atoms with Gasteiger partial charge in [0.1, 0.15) is 0 Å². The molecule has 0 heterocycles. The predicted octanol–water partition coefficient (Wildman–Crippen LogP) is 2.98. The van der Waals surface area contributed by atoms with Crippen LogP contribution in [0.5, 0.6) is 0 Å². The van der Waals surface area contributed by atoms with Crippen LogP contribution in [-0.4, -0.2) is 23.5 Å². The van der Waals surface area contributed by atoms with E-state index >= 15 is 0 Å².